The monoisotopic (exact) mass is 399 g/mol. The van der Waals surface area contributed by atoms with Gasteiger partial charge in [0.25, 0.3) is 0 Å². The fourth-order valence-corrected chi connectivity index (χ4v) is 3.71. The molecule has 0 saturated carbocycles. The van der Waals surface area contributed by atoms with Crippen molar-refractivity contribution >= 4 is 11.9 Å². The molecule has 2 aliphatic rings. The molecule has 0 aliphatic carbocycles. The smallest absolute Gasteiger partial charge is 0.222 e. The lowest BCUT2D eigenvalue weighted by Crippen LogP contribution is -2.33. The number of rotatable bonds is 8. The molecule has 0 radical (unpaired) electrons. The zero-order valence-electron chi connectivity index (χ0n) is 16.9. The molecule has 9 nitrogen and oxygen atoms in total. The Morgan fingerprint density at radius 1 is 1.31 bits per heavy atom. The molecule has 156 valence electrons. The lowest BCUT2D eigenvalue weighted by Gasteiger charge is -2.27. The summed E-state index contributed by atoms with van der Waals surface area (Å²) in [4.78, 5) is 22.7. The van der Waals surface area contributed by atoms with Gasteiger partial charge in [0, 0.05) is 57.2 Å². The Morgan fingerprint density at radius 3 is 2.93 bits per heavy atom. The Kier molecular flexibility index (Phi) is 6.36. The molecule has 1 amide bonds. The van der Waals surface area contributed by atoms with E-state index in [1.807, 2.05) is 24.0 Å². The van der Waals surface area contributed by atoms with Crippen LogP contribution in [0.4, 0.5) is 5.95 Å². The molecule has 9 heteroatoms. The van der Waals surface area contributed by atoms with Crippen LogP contribution in [0.3, 0.4) is 0 Å². The molecule has 0 spiro atoms. The molecule has 0 aromatic carbocycles. The van der Waals surface area contributed by atoms with Crippen LogP contribution < -0.4 is 10.6 Å². The molecule has 0 bridgehead atoms. The first-order valence-electron chi connectivity index (χ1n) is 10.4. The van der Waals surface area contributed by atoms with Gasteiger partial charge in [0.1, 0.15) is 0 Å². The van der Waals surface area contributed by atoms with Gasteiger partial charge in [-0.05, 0) is 18.9 Å². The van der Waals surface area contributed by atoms with Crippen LogP contribution in [0.5, 0.6) is 0 Å². The summed E-state index contributed by atoms with van der Waals surface area (Å²) in [6, 6.07) is 2.08. The average molecular weight is 399 g/mol. The molecule has 2 aliphatic heterocycles. The second kappa shape index (κ2) is 9.32. The van der Waals surface area contributed by atoms with E-state index in [4.69, 9.17) is 4.74 Å². The van der Waals surface area contributed by atoms with Gasteiger partial charge >= 0.3 is 0 Å². The van der Waals surface area contributed by atoms with Crippen molar-refractivity contribution in [2.45, 2.75) is 58.5 Å². The van der Waals surface area contributed by atoms with Crippen molar-refractivity contribution in [3.05, 3.63) is 35.4 Å². The first-order valence-corrected chi connectivity index (χ1v) is 10.4. The Labute approximate surface area is 170 Å². The first-order chi connectivity index (χ1) is 14.2. The van der Waals surface area contributed by atoms with Crippen molar-refractivity contribution in [1.82, 2.24) is 30.0 Å². The summed E-state index contributed by atoms with van der Waals surface area (Å²) < 4.78 is 7.65. The highest BCUT2D eigenvalue weighted by Gasteiger charge is 2.19. The zero-order valence-corrected chi connectivity index (χ0v) is 16.9. The SMILES string of the molecule is CCC(=O)NCc1cc2n(n1)CCN(Cc1cnc(NC[C@@H]3CCCO3)nc1)C2. The van der Waals surface area contributed by atoms with E-state index in [1.54, 1.807) is 0 Å². The maximum absolute atomic E-state index is 11.4. The molecule has 1 atom stereocenters. The van der Waals surface area contributed by atoms with E-state index in [0.29, 0.717) is 18.9 Å². The maximum Gasteiger partial charge on any atom is 0.222 e. The fourth-order valence-electron chi connectivity index (χ4n) is 3.71. The summed E-state index contributed by atoms with van der Waals surface area (Å²) in [5, 5.41) is 10.7. The molecule has 2 aromatic rings. The van der Waals surface area contributed by atoms with E-state index in [9.17, 15) is 4.79 Å². The topological polar surface area (TPSA) is 97.2 Å². The third-order valence-corrected chi connectivity index (χ3v) is 5.34. The lowest BCUT2D eigenvalue weighted by molar-refractivity contribution is -0.120. The third-order valence-electron chi connectivity index (χ3n) is 5.34. The minimum Gasteiger partial charge on any atom is -0.376 e. The van der Waals surface area contributed by atoms with Crippen LogP contribution in [0, 0.1) is 0 Å². The van der Waals surface area contributed by atoms with E-state index in [2.05, 4.69) is 36.7 Å². The summed E-state index contributed by atoms with van der Waals surface area (Å²) in [5.41, 5.74) is 3.18. The van der Waals surface area contributed by atoms with E-state index in [-0.39, 0.29) is 12.0 Å². The Bertz CT molecular complexity index is 815. The number of hydrogen-bond acceptors (Lipinski definition) is 7. The second-order valence-corrected chi connectivity index (χ2v) is 7.62. The molecule has 4 rings (SSSR count). The fraction of sp³-hybridized carbons (Fsp3) is 0.600. The number of aromatic nitrogens is 4. The molecule has 1 fully saturated rings. The van der Waals surface area contributed by atoms with Crippen LogP contribution in [0.25, 0.3) is 0 Å². The van der Waals surface area contributed by atoms with Gasteiger partial charge in [-0.1, -0.05) is 6.92 Å². The van der Waals surface area contributed by atoms with Crippen molar-refractivity contribution in [1.29, 1.82) is 0 Å². The lowest BCUT2D eigenvalue weighted by atomic mass is 10.2. The molecular weight excluding hydrogens is 370 g/mol. The van der Waals surface area contributed by atoms with E-state index < -0.39 is 0 Å². The number of carbonyl (C=O) groups excluding carboxylic acids is 1. The normalized spacial score (nSPS) is 19.1. The Hall–Kier alpha value is -2.52. The number of hydrogen-bond donors (Lipinski definition) is 2. The number of amides is 1. The molecule has 29 heavy (non-hydrogen) atoms. The summed E-state index contributed by atoms with van der Waals surface area (Å²) >= 11 is 0. The van der Waals surface area contributed by atoms with Gasteiger partial charge in [-0.15, -0.1) is 0 Å². The Balaban J connectivity index is 1.27. The number of nitrogens with zero attached hydrogens (tertiary/aromatic N) is 5. The van der Waals surface area contributed by atoms with Crippen molar-refractivity contribution in [2.75, 3.05) is 25.0 Å². The van der Waals surface area contributed by atoms with Gasteiger partial charge in [0.15, 0.2) is 0 Å². The zero-order chi connectivity index (χ0) is 20.1. The number of carbonyl (C=O) groups is 1. The maximum atomic E-state index is 11.4. The summed E-state index contributed by atoms with van der Waals surface area (Å²) in [5.74, 6) is 0.700. The number of nitrogens with one attached hydrogen (secondary N) is 2. The standard InChI is InChI=1S/C20H29N7O2/c1-2-19(28)21-11-16-8-17-14-26(5-6-27(17)25-16)13-15-9-22-20(23-10-15)24-12-18-4-3-7-29-18/h8-10,18H,2-7,11-14H2,1H3,(H,21,28)(H,22,23,24)/t18-/m0/s1. The summed E-state index contributed by atoms with van der Waals surface area (Å²) in [6.45, 7) is 7.36. The minimum atomic E-state index is 0.0475. The van der Waals surface area contributed by atoms with Gasteiger partial charge in [-0.3, -0.25) is 14.4 Å². The molecular formula is C20H29N7O2. The van der Waals surface area contributed by atoms with Crippen molar-refractivity contribution in [2.24, 2.45) is 0 Å². The quantitative estimate of drug-likeness (QED) is 0.691. The van der Waals surface area contributed by atoms with Crippen LogP contribution in [0.1, 0.15) is 43.1 Å². The number of ether oxygens (including phenoxy) is 1. The number of fused-ring (bicyclic) bond motifs is 1. The van der Waals surface area contributed by atoms with E-state index in [1.165, 1.54) is 5.69 Å². The van der Waals surface area contributed by atoms with Gasteiger partial charge in [-0.2, -0.15) is 5.10 Å². The van der Waals surface area contributed by atoms with Crippen LogP contribution >= 0.6 is 0 Å². The summed E-state index contributed by atoms with van der Waals surface area (Å²) in [6.07, 6.45) is 6.78. The van der Waals surface area contributed by atoms with Gasteiger partial charge in [-0.25, -0.2) is 9.97 Å². The second-order valence-electron chi connectivity index (χ2n) is 7.62. The van der Waals surface area contributed by atoms with Gasteiger partial charge < -0.3 is 15.4 Å². The molecule has 2 aromatic heterocycles. The molecule has 2 N–H and O–H groups in total. The van der Waals surface area contributed by atoms with Crippen LogP contribution in [-0.4, -0.2) is 56.4 Å². The largest absolute Gasteiger partial charge is 0.376 e. The highest BCUT2D eigenvalue weighted by atomic mass is 16.5. The van der Waals surface area contributed by atoms with Gasteiger partial charge in [0.05, 0.1) is 30.6 Å². The van der Waals surface area contributed by atoms with Crippen molar-refractivity contribution in [3.63, 3.8) is 0 Å². The average Bonchev–Trinajstić information content (AvgIpc) is 3.40. The third kappa shape index (κ3) is 5.30. The molecule has 1 saturated heterocycles. The molecule has 4 heterocycles. The summed E-state index contributed by atoms with van der Waals surface area (Å²) in [7, 11) is 0. The van der Waals surface area contributed by atoms with Gasteiger partial charge in [0.2, 0.25) is 11.9 Å². The molecule has 0 unspecified atom stereocenters. The van der Waals surface area contributed by atoms with Crippen LogP contribution in [0.2, 0.25) is 0 Å². The van der Waals surface area contributed by atoms with Crippen molar-refractivity contribution in [3.8, 4) is 0 Å². The van der Waals surface area contributed by atoms with E-state index in [0.717, 1.165) is 63.4 Å². The van der Waals surface area contributed by atoms with Crippen molar-refractivity contribution < 1.29 is 9.53 Å². The predicted octanol–water partition coefficient (Wildman–Crippen LogP) is 1.31. The Morgan fingerprint density at radius 2 is 2.17 bits per heavy atom. The number of anilines is 1. The predicted molar refractivity (Wildman–Crippen MR) is 108 cm³/mol. The first kappa shape index (κ1) is 19.8. The van der Waals surface area contributed by atoms with Crippen LogP contribution in [-0.2, 0) is 35.7 Å². The van der Waals surface area contributed by atoms with Crippen LogP contribution in [0.15, 0.2) is 18.5 Å². The highest BCUT2D eigenvalue weighted by molar-refractivity contribution is 5.75. The highest BCUT2D eigenvalue weighted by Crippen LogP contribution is 2.17. The van der Waals surface area contributed by atoms with E-state index >= 15 is 0 Å². The minimum absolute atomic E-state index is 0.0475.